The maximum atomic E-state index is 12.7. The molecule has 0 spiro atoms. The number of benzene rings is 2. The lowest BCUT2D eigenvalue weighted by Gasteiger charge is -2.49. The summed E-state index contributed by atoms with van der Waals surface area (Å²) in [7, 11) is 0. The number of amides is 1. The van der Waals surface area contributed by atoms with Gasteiger partial charge in [0, 0.05) is 41.2 Å². The third kappa shape index (κ3) is 4.07. The number of fused-ring (bicyclic) bond motifs is 3. The highest BCUT2D eigenvalue weighted by molar-refractivity contribution is 9.10. The van der Waals surface area contributed by atoms with Crippen molar-refractivity contribution in [2.75, 3.05) is 0 Å². The summed E-state index contributed by atoms with van der Waals surface area (Å²) in [4.78, 5) is 15.4. The van der Waals surface area contributed by atoms with Crippen molar-refractivity contribution in [2.24, 2.45) is 35.5 Å². The fourth-order valence-electron chi connectivity index (χ4n) is 7.40. The Kier molecular flexibility index (Phi) is 6.55. The maximum absolute atomic E-state index is 12.7. The maximum Gasteiger partial charge on any atom is 0.237 e. The van der Waals surface area contributed by atoms with Crippen LogP contribution in [-0.2, 0) is 4.79 Å². The SMILES string of the molecule is N#CC1C(=O)NC2C1C1CCC(Sc3ccc(Br)cc3)C3CCC(Sc4ccc(Br)cc4)C2C31. The fourth-order valence-corrected chi connectivity index (χ4v) is 10.7. The van der Waals surface area contributed by atoms with Crippen LogP contribution in [0.4, 0.5) is 0 Å². The van der Waals surface area contributed by atoms with E-state index in [-0.39, 0.29) is 17.9 Å². The number of carbonyl (C=O) groups excluding carboxylic acids is 1. The van der Waals surface area contributed by atoms with Crippen LogP contribution in [0.1, 0.15) is 25.7 Å². The Hall–Kier alpha value is -0.940. The van der Waals surface area contributed by atoms with Gasteiger partial charge >= 0.3 is 0 Å². The molecule has 2 aromatic carbocycles. The summed E-state index contributed by atoms with van der Waals surface area (Å²) in [6.07, 6.45) is 4.73. The first kappa shape index (κ1) is 23.5. The summed E-state index contributed by atoms with van der Waals surface area (Å²) in [5.74, 6) is 1.85. The number of carbonyl (C=O) groups is 1. The second kappa shape index (κ2) is 9.50. The van der Waals surface area contributed by atoms with Gasteiger partial charge in [0.05, 0.1) is 6.07 Å². The molecule has 0 aromatic heterocycles. The largest absolute Gasteiger partial charge is 0.352 e. The van der Waals surface area contributed by atoms with Crippen LogP contribution in [0, 0.1) is 46.8 Å². The standard InChI is InChI=1S/C27H26Br2N2OS2/c28-14-1-5-16(6-2-14)33-21-11-10-19-23-18(21)9-12-22(34-17-7-3-15(29)4-8-17)25(23)26-24(19)20(13-30)27(32)31-26/h1-8,18-26H,9-12H2,(H,31,32). The number of rotatable bonds is 4. The quantitative estimate of drug-likeness (QED) is 0.396. The average molecular weight is 618 g/mol. The van der Waals surface area contributed by atoms with Gasteiger partial charge in [0.2, 0.25) is 5.91 Å². The van der Waals surface area contributed by atoms with Crippen molar-refractivity contribution < 1.29 is 4.79 Å². The van der Waals surface area contributed by atoms with Crippen LogP contribution in [0.2, 0.25) is 0 Å². The Balaban J connectivity index is 1.31. The summed E-state index contributed by atoms with van der Waals surface area (Å²) in [5.41, 5.74) is 0. The van der Waals surface area contributed by atoms with Crippen molar-refractivity contribution in [1.29, 1.82) is 5.26 Å². The molecule has 4 fully saturated rings. The van der Waals surface area contributed by atoms with Crippen LogP contribution in [0.15, 0.2) is 67.3 Å². The van der Waals surface area contributed by atoms with Gasteiger partial charge in [-0.1, -0.05) is 31.9 Å². The van der Waals surface area contributed by atoms with Crippen molar-refractivity contribution in [3.63, 3.8) is 0 Å². The van der Waals surface area contributed by atoms with Crippen molar-refractivity contribution in [3.05, 3.63) is 57.5 Å². The van der Waals surface area contributed by atoms with Crippen LogP contribution in [-0.4, -0.2) is 22.4 Å². The number of nitriles is 1. The molecule has 34 heavy (non-hydrogen) atoms. The molecule has 0 radical (unpaired) electrons. The monoisotopic (exact) mass is 616 g/mol. The molecular weight excluding hydrogens is 592 g/mol. The minimum atomic E-state index is -0.477. The van der Waals surface area contributed by atoms with Crippen LogP contribution >= 0.6 is 55.4 Å². The highest BCUT2D eigenvalue weighted by Gasteiger charge is 2.65. The second-order valence-corrected chi connectivity index (χ2v) is 14.5. The third-order valence-corrected chi connectivity index (χ3v) is 12.4. The summed E-state index contributed by atoms with van der Waals surface area (Å²) in [6.45, 7) is 0. The molecule has 1 heterocycles. The predicted octanol–water partition coefficient (Wildman–Crippen LogP) is 7.15. The van der Waals surface area contributed by atoms with E-state index in [9.17, 15) is 10.1 Å². The first-order chi connectivity index (χ1) is 16.5. The number of hydrogen-bond acceptors (Lipinski definition) is 4. The lowest BCUT2D eigenvalue weighted by molar-refractivity contribution is -0.122. The van der Waals surface area contributed by atoms with Gasteiger partial charge in [-0.3, -0.25) is 4.79 Å². The molecule has 3 nitrogen and oxygen atoms in total. The van der Waals surface area contributed by atoms with E-state index in [1.165, 1.54) is 29.1 Å². The molecule has 3 saturated carbocycles. The number of halogens is 2. The summed E-state index contributed by atoms with van der Waals surface area (Å²) < 4.78 is 2.22. The van der Waals surface area contributed by atoms with Gasteiger partial charge < -0.3 is 5.32 Å². The van der Waals surface area contributed by atoms with Gasteiger partial charge in [-0.15, -0.1) is 23.5 Å². The molecule has 176 valence electrons. The first-order valence-electron chi connectivity index (χ1n) is 12.1. The normalized spacial score (nSPS) is 38.0. The molecule has 1 saturated heterocycles. The first-order valence-corrected chi connectivity index (χ1v) is 15.4. The van der Waals surface area contributed by atoms with Crippen LogP contribution in [0.5, 0.6) is 0 Å². The van der Waals surface area contributed by atoms with E-state index < -0.39 is 5.92 Å². The zero-order chi connectivity index (χ0) is 23.4. The lowest BCUT2D eigenvalue weighted by atomic mass is 9.63. The summed E-state index contributed by atoms with van der Waals surface area (Å²) in [6, 6.07) is 19.9. The molecule has 0 bridgehead atoms. The molecular formula is C27H26Br2N2OS2. The predicted molar refractivity (Wildman–Crippen MR) is 145 cm³/mol. The van der Waals surface area contributed by atoms with Gasteiger partial charge in [-0.2, -0.15) is 5.26 Å². The van der Waals surface area contributed by atoms with Gasteiger partial charge in [0.15, 0.2) is 0 Å². The molecule has 2 aromatic rings. The number of nitrogens with zero attached hydrogens (tertiary/aromatic N) is 1. The Morgan fingerprint density at radius 1 is 0.765 bits per heavy atom. The lowest BCUT2D eigenvalue weighted by Crippen LogP contribution is -2.48. The van der Waals surface area contributed by atoms with Crippen LogP contribution in [0.3, 0.4) is 0 Å². The number of thioether (sulfide) groups is 2. The molecule has 1 aliphatic heterocycles. The zero-order valence-corrected chi connectivity index (χ0v) is 23.4. The summed E-state index contributed by atoms with van der Waals surface area (Å²) in [5, 5.41) is 14.3. The van der Waals surface area contributed by atoms with Crippen molar-refractivity contribution >= 4 is 61.3 Å². The van der Waals surface area contributed by atoms with Gasteiger partial charge in [0.25, 0.3) is 0 Å². The minimum absolute atomic E-state index is 0.0307. The molecule has 4 aliphatic rings. The van der Waals surface area contributed by atoms with E-state index in [1.807, 2.05) is 23.5 Å². The Labute approximate surface area is 226 Å². The van der Waals surface area contributed by atoms with E-state index in [1.54, 1.807) is 0 Å². The zero-order valence-electron chi connectivity index (χ0n) is 18.6. The molecule has 3 aliphatic carbocycles. The smallest absolute Gasteiger partial charge is 0.237 e. The minimum Gasteiger partial charge on any atom is -0.352 e. The highest BCUT2D eigenvalue weighted by atomic mass is 79.9. The average Bonchev–Trinajstić information content (AvgIpc) is 3.33. The fraction of sp³-hybridized carbons (Fsp3) is 0.481. The molecule has 1 amide bonds. The van der Waals surface area contributed by atoms with Gasteiger partial charge in [0.1, 0.15) is 5.92 Å². The molecule has 7 heteroatoms. The van der Waals surface area contributed by atoms with E-state index >= 15 is 0 Å². The van der Waals surface area contributed by atoms with Crippen LogP contribution < -0.4 is 5.32 Å². The molecule has 6 rings (SSSR count). The highest BCUT2D eigenvalue weighted by Crippen LogP contribution is 2.63. The van der Waals surface area contributed by atoms with E-state index in [0.29, 0.717) is 34.2 Å². The topological polar surface area (TPSA) is 52.9 Å². The third-order valence-electron chi connectivity index (χ3n) is 8.55. The van der Waals surface area contributed by atoms with E-state index in [0.717, 1.165) is 15.4 Å². The van der Waals surface area contributed by atoms with E-state index in [2.05, 4.69) is 91.8 Å². The van der Waals surface area contributed by atoms with Crippen molar-refractivity contribution in [1.82, 2.24) is 5.32 Å². The van der Waals surface area contributed by atoms with Gasteiger partial charge in [-0.25, -0.2) is 0 Å². The Morgan fingerprint density at radius 3 is 1.94 bits per heavy atom. The van der Waals surface area contributed by atoms with E-state index in [4.69, 9.17) is 0 Å². The Bertz CT molecular complexity index is 1120. The Morgan fingerprint density at radius 2 is 1.32 bits per heavy atom. The van der Waals surface area contributed by atoms with Crippen molar-refractivity contribution in [2.45, 2.75) is 52.0 Å². The molecule has 9 unspecified atom stereocenters. The molecule has 1 N–H and O–H groups in total. The number of hydrogen-bond donors (Lipinski definition) is 1. The van der Waals surface area contributed by atoms with Crippen LogP contribution in [0.25, 0.3) is 0 Å². The number of nitrogens with one attached hydrogen (secondary N) is 1. The van der Waals surface area contributed by atoms with Crippen molar-refractivity contribution in [3.8, 4) is 6.07 Å². The van der Waals surface area contributed by atoms with Gasteiger partial charge in [-0.05, 0) is 97.9 Å². The summed E-state index contributed by atoms with van der Waals surface area (Å²) >= 11 is 11.1. The molecule has 9 atom stereocenters. The second-order valence-electron chi connectivity index (χ2n) is 10.1.